The summed E-state index contributed by atoms with van der Waals surface area (Å²) in [5.41, 5.74) is 49.2. The molecular weight excluding hydrogens is 1560 g/mol. The van der Waals surface area contributed by atoms with Gasteiger partial charge in [0.05, 0.1) is 6.04 Å². The van der Waals surface area contributed by atoms with Crippen LogP contribution in [0, 0.1) is 28.1 Å². The van der Waals surface area contributed by atoms with Crippen LogP contribution in [0.4, 0.5) is 24.0 Å². The molecule has 49 heteroatoms. The van der Waals surface area contributed by atoms with E-state index in [4.69, 9.17) is 67.8 Å². The molecule has 668 valence electrons. The van der Waals surface area contributed by atoms with Crippen LogP contribution in [0.3, 0.4) is 0 Å². The van der Waals surface area contributed by atoms with Gasteiger partial charge in [0, 0.05) is 58.8 Å². The van der Waals surface area contributed by atoms with E-state index in [0.717, 1.165) is 0 Å². The molecule has 0 saturated carbocycles. The largest absolute Gasteiger partial charge is 0.480 e. The van der Waals surface area contributed by atoms with E-state index >= 15 is 0 Å². The normalized spacial score (nSPS) is 13.8. The number of guanidine groups is 3. The maximum Gasteiger partial charge on any atom is 0.326 e. The number of nitrogens with one attached hydrogen (secondary N) is 22. The number of hydrogen-bond acceptors (Lipinski definition) is 21. The molecule has 0 aliphatic carbocycles. The van der Waals surface area contributed by atoms with E-state index in [9.17, 15) is 86.6 Å². The molecule has 0 bridgehead atoms. The Hall–Kier alpha value is -13.0. The van der Waals surface area contributed by atoms with Crippen LogP contribution in [0.1, 0.15) is 143 Å². The van der Waals surface area contributed by atoms with E-state index in [2.05, 4.69) is 101 Å². The molecule has 41 N–H and O–H groups in total. The van der Waals surface area contributed by atoms with Crippen LogP contribution in [-0.4, -0.2) is 249 Å². The Balaban J connectivity index is 3.86. The molecule has 21 amide bonds. The third kappa shape index (κ3) is 46.4. The number of amides is 21. The average Bonchev–Trinajstić information content (AvgIpc) is 0.839. The minimum absolute atomic E-state index is 0.00115. The van der Waals surface area contributed by atoms with Crippen LogP contribution >= 0.6 is 0 Å². The molecule has 1 aromatic carbocycles. The fourth-order valence-corrected chi connectivity index (χ4v) is 11.4. The molecule has 0 fully saturated rings. The molecule has 1 aromatic rings. The highest BCUT2D eigenvalue weighted by atomic mass is 16.4. The Bertz CT molecular complexity index is 3560. The second-order valence-corrected chi connectivity index (χ2v) is 28.4. The van der Waals surface area contributed by atoms with Crippen LogP contribution in [0.2, 0.25) is 0 Å². The summed E-state index contributed by atoms with van der Waals surface area (Å²) in [4.78, 5) is 228. The molecule has 119 heavy (non-hydrogen) atoms. The van der Waals surface area contributed by atoms with E-state index in [-0.39, 0.29) is 167 Å². The van der Waals surface area contributed by atoms with Gasteiger partial charge in [0.15, 0.2) is 17.9 Å². The lowest BCUT2D eigenvalue weighted by Gasteiger charge is -2.29. The Morgan fingerprint density at radius 3 is 0.815 bits per heavy atom. The number of benzene rings is 1. The van der Waals surface area contributed by atoms with Crippen molar-refractivity contribution in [1.29, 1.82) is 16.2 Å². The van der Waals surface area contributed by atoms with Gasteiger partial charge in [0.25, 0.3) is 0 Å². The van der Waals surface area contributed by atoms with Gasteiger partial charge in [-0.1, -0.05) is 58.0 Å². The number of carboxylic acid groups (broad SMARTS) is 1. The van der Waals surface area contributed by atoms with Gasteiger partial charge in [0.1, 0.15) is 66.5 Å². The van der Waals surface area contributed by atoms with Crippen molar-refractivity contribution in [3.05, 3.63) is 35.9 Å². The fraction of sp³-hybridized carbons (Fsp3) is 0.629. The van der Waals surface area contributed by atoms with Crippen LogP contribution in [-0.2, 0) is 64.0 Å². The highest BCUT2D eigenvalue weighted by Crippen LogP contribution is 2.14. The second-order valence-electron chi connectivity index (χ2n) is 28.4. The second kappa shape index (κ2) is 57.1. The smallest absolute Gasteiger partial charge is 0.326 e. The number of carbonyl (C=O) groups is 17. The van der Waals surface area contributed by atoms with Gasteiger partial charge in [-0.3, -0.25) is 69.0 Å². The Morgan fingerprint density at radius 2 is 0.529 bits per heavy atom. The average molecular weight is 1690 g/mol. The molecule has 0 spiro atoms. The van der Waals surface area contributed by atoms with Crippen molar-refractivity contribution >= 4 is 119 Å². The number of aliphatic carboxylic acids is 1. The number of carboxylic acids is 1. The van der Waals surface area contributed by atoms with E-state index in [1.165, 1.54) is 20.8 Å². The number of nitrogens with two attached hydrogens (primary N) is 9. The van der Waals surface area contributed by atoms with Crippen LogP contribution < -0.4 is 153 Å². The zero-order valence-electron chi connectivity index (χ0n) is 67.7. The van der Waals surface area contributed by atoms with Crippen molar-refractivity contribution in [2.75, 3.05) is 52.4 Å². The van der Waals surface area contributed by atoms with Gasteiger partial charge in [-0.2, -0.15) is 0 Å². The molecule has 0 heterocycles. The highest BCUT2D eigenvalue weighted by Gasteiger charge is 2.38. The summed E-state index contributed by atoms with van der Waals surface area (Å²) < 4.78 is 0. The van der Waals surface area contributed by atoms with E-state index in [1.54, 1.807) is 44.2 Å². The van der Waals surface area contributed by atoms with Gasteiger partial charge in [-0.05, 0) is 127 Å². The number of rotatable bonds is 59. The summed E-state index contributed by atoms with van der Waals surface area (Å²) in [6.07, 6.45) is -1.34. The molecule has 0 aliphatic heterocycles. The maximum atomic E-state index is 14.9. The molecule has 0 aliphatic rings. The minimum atomic E-state index is -1.61. The molecule has 0 unspecified atom stereocenters. The topological polar surface area (TPSA) is 845 Å². The van der Waals surface area contributed by atoms with E-state index in [0.29, 0.717) is 5.56 Å². The predicted molar refractivity (Wildman–Crippen MR) is 434 cm³/mol. The third-order valence-electron chi connectivity index (χ3n) is 17.7. The van der Waals surface area contributed by atoms with Crippen molar-refractivity contribution < 1.29 is 86.6 Å². The van der Waals surface area contributed by atoms with Crippen molar-refractivity contribution in [3.63, 3.8) is 0 Å². The fourth-order valence-electron chi connectivity index (χ4n) is 11.4. The molecule has 0 aromatic heterocycles. The zero-order chi connectivity index (χ0) is 89.9. The first-order valence-corrected chi connectivity index (χ1v) is 38.8. The lowest BCUT2D eigenvalue weighted by atomic mass is 10.0. The lowest BCUT2D eigenvalue weighted by molar-refractivity contribution is -0.143. The molecule has 12 atom stereocenters. The van der Waals surface area contributed by atoms with Gasteiger partial charge in [0.2, 0.25) is 65.0 Å². The van der Waals surface area contributed by atoms with Crippen LogP contribution in [0.15, 0.2) is 30.3 Å². The first-order chi connectivity index (χ1) is 56.0. The van der Waals surface area contributed by atoms with Crippen molar-refractivity contribution in [1.82, 2.24) is 101 Å². The van der Waals surface area contributed by atoms with Crippen LogP contribution in [0.5, 0.6) is 0 Å². The first kappa shape index (κ1) is 104. The SMILES string of the molecule is CC(C)[C@H](NC(=O)[C@H](CCCNC(N)=O)NC(=O)[C@H](CCCNC(=N)N)NC(=O)[C@H](CCCNC(N)=O)NC(=O)[C@@H](N)CCCNC(N)=O)C(=O)N[C@@H](C)C(=O)N[C@@H](CCCNC(N)=O)C(=O)N[C@@H](Cc1ccccc1)C(=O)N[C@@H](CCCNC(N)=O)C(=O)N[C@@H](CCCNC(=N)N)C(=O)N[C@H](C(=O)N[C@@H](CCCNC(=N)N)C(=O)O)C(C)C. The number of carbonyl (C=O) groups excluding carboxylic acids is 16. The van der Waals surface area contributed by atoms with Gasteiger partial charge < -0.3 is 158 Å². The molecular formula is C70H125N31O18. The molecule has 1 rings (SSSR count). The van der Waals surface area contributed by atoms with Gasteiger partial charge in [-0.25, -0.2) is 28.8 Å². The summed E-state index contributed by atoms with van der Waals surface area (Å²) in [5, 5.41) is 80.4. The molecule has 0 saturated heterocycles. The van der Waals surface area contributed by atoms with Crippen molar-refractivity contribution in [3.8, 4) is 0 Å². The Labute approximate surface area is 688 Å². The first-order valence-electron chi connectivity index (χ1n) is 38.8. The van der Waals surface area contributed by atoms with Crippen molar-refractivity contribution in [2.24, 2.45) is 63.4 Å². The van der Waals surface area contributed by atoms with Gasteiger partial charge >= 0.3 is 36.1 Å². The van der Waals surface area contributed by atoms with E-state index in [1.807, 2.05) is 0 Å². The third-order valence-corrected chi connectivity index (χ3v) is 17.7. The summed E-state index contributed by atoms with van der Waals surface area (Å²) in [6.45, 7) is 7.11. The monoisotopic (exact) mass is 1690 g/mol. The standard InChI is InChI=1S/C70H125N31O18/c1-36(2)49(100-57(108)46(25-15-34-90-70(82)119)96-54(105)43(20-10-27-83-63(72)73)94-53(104)42(23-13-32-88-68(80)117)93-52(103)40(71)19-9-30-86-66(78)115)60(111)91-38(5)51(102)92-41(22-12-31-87-67(79)116)56(107)99-48(35-39-17-7-6-8-18-39)59(110)97-44(24-14-33-89-69(81)118)55(106)95-45(21-11-28-84-64(74)75)58(109)101-50(37(3)4)61(112)98-47(62(113)114)26-16-29-85-65(76)77/h6-8,17-18,36-38,40-50H,9-16,19-35,71H2,1-5H3,(H,91,111)(H,92,102)(H,93,103)(H,94,104)(H,95,106)(H,96,105)(H,97,110)(H,98,112)(H,99,107)(H,100,108)(H,101,109)(H,113,114)(H4,72,73,83)(H4,74,75,84)(H4,76,77,85)(H3,78,86,115)(H3,79,87,116)(H3,80,88,117)(H3,81,89,118)(H3,82,90,119)/t38-,40-,41-,42-,43-,44-,45-,46-,47-,48-,49-,50-/m0/s1. The van der Waals surface area contributed by atoms with Crippen molar-refractivity contribution in [2.45, 2.75) is 216 Å². The molecule has 49 nitrogen and oxygen atoms in total. The summed E-state index contributed by atoms with van der Waals surface area (Å²) in [5.74, 6) is -14.7. The zero-order valence-corrected chi connectivity index (χ0v) is 67.7. The Morgan fingerprint density at radius 1 is 0.294 bits per heavy atom. The van der Waals surface area contributed by atoms with Gasteiger partial charge in [-0.15, -0.1) is 0 Å². The number of hydrogen-bond donors (Lipinski definition) is 32. The Kier molecular flexibility index (Phi) is 49.9. The lowest BCUT2D eigenvalue weighted by Crippen LogP contribution is -2.61. The number of primary amides is 5. The maximum absolute atomic E-state index is 14.9. The van der Waals surface area contributed by atoms with E-state index < -0.39 is 197 Å². The molecule has 0 radical (unpaired) electrons. The quantitative estimate of drug-likeness (QED) is 0.0164. The summed E-state index contributed by atoms with van der Waals surface area (Å²) in [7, 11) is 0. The number of urea groups is 5. The van der Waals surface area contributed by atoms with Crippen LogP contribution in [0.25, 0.3) is 0 Å². The summed E-state index contributed by atoms with van der Waals surface area (Å²) >= 11 is 0. The predicted octanol–water partition coefficient (Wildman–Crippen LogP) is -8.66. The summed E-state index contributed by atoms with van der Waals surface area (Å²) in [6, 6.07) is -14.3. The highest BCUT2D eigenvalue weighted by molar-refractivity contribution is 6.00. The minimum Gasteiger partial charge on any atom is -0.480 e.